The number of carbonyl (C=O) groups is 4. The highest BCUT2D eigenvalue weighted by Gasteiger charge is 2.64. The number of fused-ring (bicyclic) bond motifs is 1. The van der Waals surface area contributed by atoms with Crippen molar-refractivity contribution in [3.05, 3.63) is 42.1 Å². The van der Waals surface area contributed by atoms with Crippen molar-refractivity contribution >= 4 is 56.2 Å². The van der Waals surface area contributed by atoms with Gasteiger partial charge in [-0.3, -0.25) is 19.1 Å². The van der Waals surface area contributed by atoms with Gasteiger partial charge in [0.25, 0.3) is 5.91 Å². The van der Waals surface area contributed by atoms with E-state index in [1.165, 1.54) is 24.3 Å². The molecule has 0 bridgehead atoms. The van der Waals surface area contributed by atoms with Crippen LogP contribution in [0.5, 0.6) is 11.6 Å². The third-order valence-electron chi connectivity index (χ3n) is 10.0. The van der Waals surface area contributed by atoms with Crippen LogP contribution >= 0.6 is 11.6 Å². The van der Waals surface area contributed by atoms with Crippen molar-refractivity contribution in [2.75, 3.05) is 13.7 Å². The van der Waals surface area contributed by atoms with Crippen LogP contribution in [0.3, 0.4) is 0 Å². The number of halogens is 1. The van der Waals surface area contributed by atoms with Gasteiger partial charge in [0.1, 0.15) is 35.1 Å². The summed E-state index contributed by atoms with van der Waals surface area (Å²) in [5, 5.41) is 6.51. The number of hydrogen-bond donors (Lipinski definition) is 3. The Kier molecular flexibility index (Phi) is 10.5. The summed E-state index contributed by atoms with van der Waals surface area (Å²) in [7, 11) is -2.42. The number of carbonyl (C=O) groups excluding carboxylic acids is 4. The van der Waals surface area contributed by atoms with Crippen molar-refractivity contribution in [2.24, 2.45) is 16.7 Å². The maximum Gasteiger partial charge on any atom is 0.408 e. The molecular formula is C37H50ClN5O9S. The molecule has 2 heterocycles. The molecule has 1 aromatic heterocycles. The molecule has 16 heteroatoms. The number of alkyl carbamates (subject to hydrolysis) is 1. The highest BCUT2D eigenvalue weighted by atomic mass is 35.5. The van der Waals surface area contributed by atoms with Gasteiger partial charge in [-0.05, 0) is 63.6 Å². The minimum Gasteiger partial charge on any atom is -0.494 e. The number of hydrogen-bond acceptors (Lipinski definition) is 10. The maximum absolute atomic E-state index is 14.7. The lowest BCUT2D eigenvalue weighted by Crippen LogP contribution is -2.62. The minimum atomic E-state index is -3.93. The summed E-state index contributed by atoms with van der Waals surface area (Å²) >= 11 is 6.37. The number of nitrogens with zero attached hydrogens (tertiary/aromatic N) is 2. The van der Waals surface area contributed by atoms with Crippen LogP contribution in [0.4, 0.5) is 4.79 Å². The molecule has 5 atom stereocenters. The minimum absolute atomic E-state index is 0.114. The molecule has 14 nitrogen and oxygen atoms in total. The summed E-state index contributed by atoms with van der Waals surface area (Å²) in [6.45, 7) is 17.6. The number of pyridine rings is 1. The van der Waals surface area contributed by atoms with Crippen LogP contribution < -0.4 is 24.8 Å². The molecular weight excluding hydrogens is 726 g/mol. The first kappa shape index (κ1) is 40.1. The zero-order valence-electron chi connectivity index (χ0n) is 31.7. The lowest BCUT2D eigenvalue weighted by atomic mass is 9.81. The Balaban J connectivity index is 1.54. The number of sulfonamides is 1. The number of rotatable bonds is 11. The van der Waals surface area contributed by atoms with E-state index in [4.69, 9.17) is 25.8 Å². The lowest BCUT2D eigenvalue weighted by molar-refractivity contribution is -0.145. The first-order valence-electron chi connectivity index (χ1n) is 17.5. The Bertz CT molecular complexity index is 1940. The fourth-order valence-corrected chi connectivity index (χ4v) is 8.32. The zero-order valence-corrected chi connectivity index (χ0v) is 33.2. The van der Waals surface area contributed by atoms with Crippen molar-refractivity contribution in [3.63, 3.8) is 0 Å². The van der Waals surface area contributed by atoms with Crippen LogP contribution in [0.25, 0.3) is 10.8 Å². The SMILES string of the molecule is C=C[C@@H]1C[C@]1(NC(=O)[C@H]1N(C(=O)[C@@H](NC(=O)OC(C)(C)C)C(C)(C)C)C[C@H](Oc2ncc(OC)c3ccc(Cl)cc23)C1(C)C)C(=O)NS(=O)(=O)C1CC1. The quantitative estimate of drug-likeness (QED) is 0.275. The van der Waals surface area contributed by atoms with Crippen molar-refractivity contribution in [3.8, 4) is 11.6 Å². The van der Waals surface area contributed by atoms with E-state index in [9.17, 15) is 27.6 Å². The summed E-state index contributed by atoms with van der Waals surface area (Å²) in [5.41, 5.74) is -4.47. The summed E-state index contributed by atoms with van der Waals surface area (Å²) in [5.74, 6) is -2.06. The number of benzene rings is 1. The predicted octanol–water partition coefficient (Wildman–Crippen LogP) is 4.49. The molecule has 53 heavy (non-hydrogen) atoms. The summed E-state index contributed by atoms with van der Waals surface area (Å²) in [6, 6.07) is 2.72. The van der Waals surface area contributed by atoms with E-state index in [2.05, 4.69) is 26.9 Å². The molecule has 2 saturated carbocycles. The van der Waals surface area contributed by atoms with Crippen LogP contribution in [0.2, 0.25) is 5.02 Å². The zero-order chi connectivity index (χ0) is 39.5. The molecule has 5 rings (SSSR count). The first-order chi connectivity index (χ1) is 24.4. The standard InChI is InChI=1S/C37H50ClN5O9S/c1-11-20-17-37(20,32(46)42-53(48,49)22-13-14-22)41-29(44)28-36(8,9)26(51-30-24-16-21(38)12-15-23(24)25(50-10)18-39-30)19-43(28)31(45)27(34(2,3)4)40-33(47)52-35(5,6)7/h11-12,15-16,18,20,22,26-28H,1,13-14,17,19H2,2-10H3,(H,40,47)(H,41,44)(H,42,46)/t20-,26+,27-,28-,37-/m1/s1. The Morgan fingerprint density at radius 3 is 2.30 bits per heavy atom. The number of ether oxygens (including phenoxy) is 3. The maximum atomic E-state index is 14.7. The van der Waals surface area contributed by atoms with E-state index >= 15 is 0 Å². The largest absolute Gasteiger partial charge is 0.494 e. The first-order valence-corrected chi connectivity index (χ1v) is 19.5. The molecule has 1 aromatic carbocycles. The average Bonchev–Trinajstić information content (AvgIpc) is 3.96. The van der Waals surface area contributed by atoms with Crippen LogP contribution in [0, 0.1) is 16.7 Å². The third-order valence-corrected chi connectivity index (χ3v) is 12.1. The second-order valence-electron chi connectivity index (χ2n) is 16.8. The van der Waals surface area contributed by atoms with Gasteiger partial charge in [-0.2, -0.15) is 0 Å². The lowest BCUT2D eigenvalue weighted by Gasteiger charge is -2.38. The van der Waals surface area contributed by atoms with Crippen LogP contribution in [-0.2, 0) is 29.1 Å². The predicted molar refractivity (Wildman–Crippen MR) is 199 cm³/mol. The molecule has 0 unspecified atom stereocenters. The van der Waals surface area contributed by atoms with Gasteiger partial charge in [-0.15, -0.1) is 6.58 Å². The second kappa shape index (κ2) is 13.9. The van der Waals surface area contributed by atoms with Gasteiger partial charge in [0.2, 0.25) is 27.7 Å². The molecule has 290 valence electrons. The third kappa shape index (κ3) is 8.20. The Labute approximate surface area is 315 Å². The highest BCUT2D eigenvalue weighted by molar-refractivity contribution is 7.91. The fourth-order valence-electron chi connectivity index (χ4n) is 6.78. The number of likely N-dealkylation sites (tertiary alicyclic amines) is 1. The smallest absolute Gasteiger partial charge is 0.408 e. The van der Waals surface area contributed by atoms with E-state index in [1.807, 2.05) is 0 Å². The molecule has 1 aliphatic heterocycles. The van der Waals surface area contributed by atoms with Gasteiger partial charge in [0, 0.05) is 27.1 Å². The van der Waals surface area contributed by atoms with Gasteiger partial charge >= 0.3 is 6.09 Å². The molecule has 0 spiro atoms. The summed E-state index contributed by atoms with van der Waals surface area (Å²) in [6.07, 6.45) is 2.32. The number of methoxy groups -OCH3 is 1. The van der Waals surface area contributed by atoms with Crippen LogP contribution in [0.15, 0.2) is 37.1 Å². The molecule has 2 aliphatic carbocycles. The van der Waals surface area contributed by atoms with Crippen molar-refractivity contribution < 1.29 is 41.8 Å². The van der Waals surface area contributed by atoms with Gasteiger partial charge in [0.05, 0.1) is 25.1 Å². The van der Waals surface area contributed by atoms with E-state index < -0.39 is 85.2 Å². The van der Waals surface area contributed by atoms with Crippen molar-refractivity contribution in [2.45, 2.75) is 109 Å². The molecule has 1 saturated heterocycles. The molecule has 4 amide bonds. The summed E-state index contributed by atoms with van der Waals surface area (Å²) in [4.78, 5) is 61.9. The molecule has 0 radical (unpaired) electrons. The van der Waals surface area contributed by atoms with Crippen LogP contribution in [0.1, 0.15) is 74.7 Å². The molecule has 2 aromatic rings. The topological polar surface area (TPSA) is 182 Å². The van der Waals surface area contributed by atoms with E-state index in [1.54, 1.807) is 73.6 Å². The Morgan fingerprint density at radius 2 is 1.75 bits per heavy atom. The van der Waals surface area contributed by atoms with Crippen molar-refractivity contribution in [1.82, 2.24) is 25.2 Å². The number of aromatic nitrogens is 1. The average molecular weight is 776 g/mol. The van der Waals surface area contributed by atoms with E-state index in [0.29, 0.717) is 34.4 Å². The Hall–Kier alpha value is -4.11. The van der Waals surface area contributed by atoms with Crippen molar-refractivity contribution in [1.29, 1.82) is 0 Å². The van der Waals surface area contributed by atoms with E-state index in [-0.39, 0.29) is 18.8 Å². The molecule has 3 aliphatic rings. The molecule has 3 N–H and O–H groups in total. The highest BCUT2D eigenvalue weighted by Crippen LogP contribution is 2.47. The van der Waals surface area contributed by atoms with Gasteiger partial charge in [0.15, 0.2) is 0 Å². The number of amides is 4. The molecule has 3 fully saturated rings. The number of nitrogens with one attached hydrogen (secondary N) is 3. The van der Waals surface area contributed by atoms with Gasteiger partial charge in [-0.1, -0.05) is 52.3 Å². The fraction of sp³-hybridized carbons (Fsp3) is 0.595. The van der Waals surface area contributed by atoms with Gasteiger partial charge in [-0.25, -0.2) is 18.2 Å². The monoisotopic (exact) mass is 775 g/mol. The van der Waals surface area contributed by atoms with Gasteiger partial charge < -0.3 is 29.7 Å². The Morgan fingerprint density at radius 1 is 1.09 bits per heavy atom. The second-order valence-corrected chi connectivity index (χ2v) is 19.2. The summed E-state index contributed by atoms with van der Waals surface area (Å²) < 4.78 is 45.3. The normalized spacial score (nSPS) is 24.5. The van der Waals surface area contributed by atoms with E-state index in [0.717, 1.165) is 0 Å². The van der Waals surface area contributed by atoms with Crippen LogP contribution in [-0.4, -0.2) is 90.3 Å².